The predicted molar refractivity (Wildman–Crippen MR) is 95.3 cm³/mol. The fraction of sp³-hybridized carbons (Fsp3) is 0.421. The smallest absolute Gasteiger partial charge is 0.228 e. The molecule has 6 nitrogen and oxygen atoms in total. The Bertz CT molecular complexity index is 910. The first kappa shape index (κ1) is 15.9. The summed E-state index contributed by atoms with van der Waals surface area (Å²) in [5.41, 5.74) is 4.03. The van der Waals surface area contributed by atoms with Crippen LogP contribution in [0.3, 0.4) is 0 Å². The van der Waals surface area contributed by atoms with Gasteiger partial charge in [-0.25, -0.2) is 4.98 Å². The van der Waals surface area contributed by atoms with E-state index in [-0.39, 0.29) is 11.9 Å². The van der Waals surface area contributed by atoms with Crippen molar-refractivity contribution in [2.45, 2.75) is 45.7 Å². The third-order valence-electron chi connectivity index (χ3n) is 4.92. The molecule has 0 bridgehead atoms. The molecule has 1 aliphatic heterocycles. The van der Waals surface area contributed by atoms with Gasteiger partial charge < -0.3 is 9.30 Å². The lowest BCUT2D eigenvalue weighted by atomic mass is 10.2. The molecule has 0 N–H and O–H groups in total. The minimum absolute atomic E-state index is 0.160. The number of hydrogen-bond acceptors (Lipinski definition) is 3. The molecule has 1 fully saturated rings. The average molecular weight is 337 g/mol. The molecule has 3 aromatic rings. The van der Waals surface area contributed by atoms with Gasteiger partial charge in [0.25, 0.3) is 0 Å². The van der Waals surface area contributed by atoms with Crippen LogP contribution in [0.5, 0.6) is 0 Å². The summed E-state index contributed by atoms with van der Waals surface area (Å²) in [7, 11) is 0. The van der Waals surface area contributed by atoms with Gasteiger partial charge in [-0.2, -0.15) is 5.10 Å². The Kier molecular flexibility index (Phi) is 4.03. The topological polar surface area (TPSA) is 55.4 Å². The molecule has 130 valence electrons. The molecule has 3 aromatic heterocycles. The number of fused-ring (bicyclic) bond motifs is 1. The monoisotopic (exact) mass is 337 g/mol. The summed E-state index contributed by atoms with van der Waals surface area (Å²) >= 11 is 0. The largest absolute Gasteiger partial charge is 0.338 e. The van der Waals surface area contributed by atoms with E-state index in [2.05, 4.69) is 10.1 Å². The molecule has 1 aliphatic rings. The second kappa shape index (κ2) is 6.35. The van der Waals surface area contributed by atoms with Gasteiger partial charge in [0.05, 0.1) is 30.9 Å². The predicted octanol–water partition coefficient (Wildman–Crippen LogP) is 2.38. The van der Waals surface area contributed by atoms with Crippen molar-refractivity contribution in [2.24, 2.45) is 0 Å². The van der Waals surface area contributed by atoms with Crippen LogP contribution in [-0.4, -0.2) is 42.6 Å². The van der Waals surface area contributed by atoms with E-state index in [1.54, 1.807) is 0 Å². The Balaban J connectivity index is 1.48. The average Bonchev–Trinajstić information content (AvgIpc) is 3.28. The normalized spacial score (nSPS) is 17.5. The van der Waals surface area contributed by atoms with Gasteiger partial charge in [-0.1, -0.05) is 6.07 Å². The van der Waals surface area contributed by atoms with Crippen LogP contribution in [0.2, 0.25) is 0 Å². The number of aromatic nitrogens is 4. The van der Waals surface area contributed by atoms with E-state index >= 15 is 0 Å². The number of aryl methyl sites for hydroxylation is 2. The van der Waals surface area contributed by atoms with Crippen molar-refractivity contribution in [2.75, 3.05) is 6.54 Å². The van der Waals surface area contributed by atoms with Crippen molar-refractivity contribution in [3.05, 3.63) is 53.7 Å². The van der Waals surface area contributed by atoms with Gasteiger partial charge in [0.2, 0.25) is 5.91 Å². The van der Waals surface area contributed by atoms with E-state index in [9.17, 15) is 4.79 Å². The van der Waals surface area contributed by atoms with Gasteiger partial charge in [-0.15, -0.1) is 0 Å². The zero-order chi connectivity index (χ0) is 17.4. The quantitative estimate of drug-likeness (QED) is 0.734. The summed E-state index contributed by atoms with van der Waals surface area (Å²) in [6.07, 6.45) is 10.3. The van der Waals surface area contributed by atoms with Crippen molar-refractivity contribution in [1.82, 2.24) is 24.1 Å². The zero-order valence-corrected chi connectivity index (χ0v) is 14.7. The van der Waals surface area contributed by atoms with Crippen LogP contribution in [0.1, 0.15) is 29.7 Å². The van der Waals surface area contributed by atoms with Gasteiger partial charge in [-0.3, -0.25) is 9.48 Å². The molecule has 25 heavy (non-hydrogen) atoms. The van der Waals surface area contributed by atoms with Crippen molar-refractivity contribution < 1.29 is 4.79 Å². The lowest BCUT2D eigenvalue weighted by molar-refractivity contribution is -0.131. The van der Waals surface area contributed by atoms with Crippen LogP contribution < -0.4 is 0 Å². The van der Waals surface area contributed by atoms with E-state index in [4.69, 9.17) is 0 Å². The Hall–Kier alpha value is -2.63. The number of rotatable bonds is 4. The number of carbonyl (C=O) groups excluding carboxylic acids is 1. The molecule has 4 heterocycles. The number of nitrogens with zero attached hydrogens (tertiary/aromatic N) is 5. The highest BCUT2D eigenvalue weighted by molar-refractivity contribution is 5.79. The Morgan fingerprint density at radius 1 is 1.32 bits per heavy atom. The SMILES string of the molecule is Cc1cnn(C[C@@H]2CCCN2C(=O)Cc2cn3cccc(C)c3n2)c1. The summed E-state index contributed by atoms with van der Waals surface area (Å²) < 4.78 is 3.94. The molecule has 1 amide bonds. The number of pyridine rings is 1. The van der Waals surface area contributed by atoms with Crippen molar-refractivity contribution in [1.29, 1.82) is 0 Å². The van der Waals surface area contributed by atoms with Gasteiger partial charge in [-0.05, 0) is 43.9 Å². The second-order valence-corrected chi connectivity index (χ2v) is 6.95. The van der Waals surface area contributed by atoms with Gasteiger partial charge >= 0.3 is 0 Å². The maximum atomic E-state index is 12.8. The lowest BCUT2D eigenvalue weighted by Crippen LogP contribution is -2.39. The fourth-order valence-corrected chi connectivity index (χ4v) is 3.68. The first-order valence-electron chi connectivity index (χ1n) is 8.82. The molecule has 0 aromatic carbocycles. The molecule has 0 radical (unpaired) electrons. The summed E-state index contributed by atoms with van der Waals surface area (Å²) in [4.78, 5) is 19.5. The molecule has 4 rings (SSSR count). The zero-order valence-electron chi connectivity index (χ0n) is 14.7. The molecule has 0 spiro atoms. The second-order valence-electron chi connectivity index (χ2n) is 6.95. The van der Waals surface area contributed by atoms with E-state index in [0.29, 0.717) is 6.42 Å². The Labute approximate surface area is 147 Å². The van der Waals surface area contributed by atoms with Crippen LogP contribution in [0, 0.1) is 13.8 Å². The summed E-state index contributed by atoms with van der Waals surface area (Å²) in [6, 6.07) is 4.26. The minimum Gasteiger partial charge on any atom is -0.338 e. The van der Waals surface area contributed by atoms with Crippen LogP contribution in [0.15, 0.2) is 36.9 Å². The number of likely N-dealkylation sites (tertiary alicyclic amines) is 1. The first-order chi connectivity index (χ1) is 12.1. The molecular weight excluding hydrogens is 314 g/mol. The summed E-state index contributed by atoms with van der Waals surface area (Å²) in [6.45, 7) is 5.67. The molecule has 1 saturated heterocycles. The van der Waals surface area contributed by atoms with Crippen molar-refractivity contribution in [3.63, 3.8) is 0 Å². The van der Waals surface area contributed by atoms with Gasteiger partial charge in [0.1, 0.15) is 5.65 Å². The number of carbonyl (C=O) groups is 1. The molecular formula is C19H23N5O. The maximum Gasteiger partial charge on any atom is 0.228 e. The molecule has 0 unspecified atom stereocenters. The third kappa shape index (κ3) is 3.16. The minimum atomic E-state index is 0.160. The van der Waals surface area contributed by atoms with E-state index in [0.717, 1.165) is 48.4 Å². The van der Waals surface area contributed by atoms with E-state index in [1.165, 1.54) is 0 Å². The highest BCUT2D eigenvalue weighted by Crippen LogP contribution is 2.20. The van der Waals surface area contributed by atoms with Gasteiger partial charge in [0.15, 0.2) is 0 Å². The van der Waals surface area contributed by atoms with E-state index < -0.39 is 0 Å². The Morgan fingerprint density at radius 2 is 2.20 bits per heavy atom. The highest BCUT2D eigenvalue weighted by atomic mass is 16.2. The van der Waals surface area contributed by atoms with Crippen LogP contribution in [0.4, 0.5) is 0 Å². The molecule has 0 saturated carbocycles. The van der Waals surface area contributed by atoms with E-state index in [1.807, 2.05) is 64.7 Å². The lowest BCUT2D eigenvalue weighted by Gasteiger charge is -2.24. The third-order valence-corrected chi connectivity index (χ3v) is 4.92. The number of amides is 1. The maximum absolute atomic E-state index is 12.8. The molecule has 0 aliphatic carbocycles. The summed E-state index contributed by atoms with van der Waals surface area (Å²) in [5, 5.41) is 4.36. The summed E-state index contributed by atoms with van der Waals surface area (Å²) in [5.74, 6) is 0.160. The molecule has 1 atom stereocenters. The van der Waals surface area contributed by atoms with Crippen LogP contribution in [-0.2, 0) is 17.8 Å². The highest BCUT2D eigenvalue weighted by Gasteiger charge is 2.29. The van der Waals surface area contributed by atoms with Crippen LogP contribution in [0.25, 0.3) is 5.65 Å². The fourth-order valence-electron chi connectivity index (χ4n) is 3.68. The molecule has 6 heteroatoms. The standard InChI is InChI=1S/C19H23N5O/c1-14-10-20-23(11-14)13-17-6-4-8-24(17)18(25)9-16-12-22-7-3-5-15(2)19(22)21-16/h3,5,7,10-12,17H,4,6,8-9,13H2,1-2H3/t17-/m0/s1. The van der Waals surface area contributed by atoms with Crippen molar-refractivity contribution in [3.8, 4) is 0 Å². The Morgan fingerprint density at radius 3 is 2.96 bits per heavy atom. The number of hydrogen-bond donors (Lipinski definition) is 0. The van der Waals surface area contributed by atoms with Crippen LogP contribution >= 0.6 is 0 Å². The first-order valence-corrected chi connectivity index (χ1v) is 8.82. The van der Waals surface area contributed by atoms with Crippen molar-refractivity contribution >= 4 is 11.6 Å². The number of imidazole rings is 1. The van der Waals surface area contributed by atoms with Gasteiger partial charge in [0, 0.05) is 25.1 Å².